The Labute approximate surface area is 151 Å². The summed E-state index contributed by atoms with van der Waals surface area (Å²) < 4.78 is 5.33. The molecule has 0 amide bonds. The summed E-state index contributed by atoms with van der Waals surface area (Å²) >= 11 is 15.4. The Balaban J connectivity index is 2.02. The lowest BCUT2D eigenvalue weighted by atomic mass is 10.0. The molecule has 3 rings (SSSR count). The smallest absolute Gasteiger partial charge is 0.183 e. The fourth-order valence-corrected chi connectivity index (χ4v) is 3.43. The van der Waals surface area contributed by atoms with Gasteiger partial charge in [-0.2, -0.15) is 0 Å². The van der Waals surface area contributed by atoms with E-state index in [0.717, 1.165) is 16.5 Å². The predicted octanol–water partition coefficient (Wildman–Crippen LogP) is 5.80. The summed E-state index contributed by atoms with van der Waals surface area (Å²) in [4.78, 5) is 15.4. The summed E-state index contributed by atoms with van der Waals surface area (Å²) in [5.74, 6) is 0.495. The van der Waals surface area contributed by atoms with E-state index in [2.05, 4.69) is 20.9 Å². The van der Waals surface area contributed by atoms with Gasteiger partial charge in [0.1, 0.15) is 10.6 Å². The number of alkyl halides is 1. The summed E-state index contributed by atoms with van der Waals surface area (Å²) in [6.45, 7) is 0. The highest BCUT2D eigenvalue weighted by molar-refractivity contribution is 9.09. The van der Waals surface area contributed by atoms with E-state index in [-0.39, 0.29) is 5.78 Å². The minimum atomic E-state index is -0.538. The molecule has 1 atom stereocenters. The van der Waals surface area contributed by atoms with Crippen LogP contribution in [0.3, 0.4) is 0 Å². The Hall–Kier alpha value is -1.49. The molecule has 1 unspecified atom stereocenters. The van der Waals surface area contributed by atoms with E-state index in [4.69, 9.17) is 27.9 Å². The van der Waals surface area contributed by atoms with Crippen LogP contribution in [0.5, 0.6) is 5.75 Å². The lowest BCUT2D eigenvalue weighted by molar-refractivity contribution is 0.0992. The Morgan fingerprint density at radius 2 is 1.87 bits per heavy atom. The van der Waals surface area contributed by atoms with Gasteiger partial charge in [0.2, 0.25) is 0 Å². The molecule has 0 fully saturated rings. The number of hydrogen-bond donors (Lipinski definition) is 1. The van der Waals surface area contributed by atoms with Gasteiger partial charge in [0.25, 0.3) is 0 Å². The van der Waals surface area contributed by atoms with Crippen molar-refractivity contribution >= 4 is 55.8 Å². The van der Waals surface area contributed by atoms with Gasteiger partial charge in [-0.3, -0.25) is 4.79 Å². The number of aromatic amines is 1. The van der Waals surface area contributed by atoms with Crippen LogP contribution in [0.1, 0.15) is 20.7 Å². The van der Waals surface area contributed by atoms with Gasteiger partial charge in [0.05, 0.1) is 7.11 Å². The average Bonchev–Trinajstić information content (AvgIpc) is 2.96. The van der Waals surface area contributed by atoms with Gasteiger partial charge in [-0.25, -0.2) is 0 Å². The number of aromatic nitrogens is 1. The lowest BCUT2D eigenvalue weighted by Gasteiger charge is -2.13. The maximum absolute atomic E-state index is 12.9. The third kappa shape index (κ3) is 3.11. The average molecular weight is 413 g/mol. The molecule has 1 heterocycles. The lowest BCUT2D eigenvalue weighted by Crippen LogP contribution is -2.08. The number of rotatable bonds is 4. The molecule has 0 aliphatic rings. The number of carbonyl (C=O) groups excluding carboxylic acids is 1. The number of methoxy groups -OCH3 is 1. The van der Waals surface area contributed by atoms with Gasteiger partial charge in [-0.15, -0.1) is 0 Å². The van der Waals surface area contributed by atoms with Crippen LogP contribution in [-0.4, -0.2) is 17.9 Å². The summed E-state index contributed by atoms with van der Waals surface area (Å²) in [6.07, 6.45) is 1.69. The topological polar surface area (TPSA) is 42.1 Å². The second kappa shape index (κ2) is 6.56. The zero-order valence-corrected chi connectivity index (χ0v) is 15.2. The van der Waals surface area contributed by atoms with Crippen LogP contribution < -0.4 is 4.74 Å². The van der Waals surface area contributed by atoms with Gasteiger partial charge in [-0.1, -0.05) is 51.3 Å². The number of ether oxygens (including phenoxy) is 1. The van der Waals surface area contributed by atoms with Crippen LogP contribution >= 0.6 is 39.1 Å². The van der Waals surface area contributed by atoms with E-state index in [1.54, 1.807) is 43.6 Å². The Morgan fingerprint density at radius 1 is 1.17 bits per heavy atom. The molecular weight excluding hydrogens is 401 g/mol. The van der Waals surface area contributed by atoms with Crippen molar-refractivity contribution in [3.8, 4) is 5.75 Å². The molecule has 0 radical (unpaired) electrons. The SMILES string of the molecule is COc1cc(Cl)ccc1C(Br)C(=O)c1c[nH]c2cc(Cl)ccc12. The third-order valence-corrected chi connectivity index (χ3v) is 4.99. The number of H-pyrrole nitrogens is 1. The van der Waals surface area contributed by atoms with Gasteiger partial charge in [0, 0.05) is 38.3 Å². The standard InChI is InChI=1S/C17H12BrCl2NO2/c1-23-15-7-10(20)3-5-12(15)16(18)17(22)13-8-21-14-6-9(19)2-4-11(13)14/h2-8,16,21H,1H3. The van der Waals surface area contributed by atoms with Crippen molar-refractivity contribution in [3.63, 3.8) is 0 Å². The van der Waals surface area contributed by atoms with Crippen LogP contribution in [0, 0.1) is 0 Å². The second-order valence-corrected chi connectivity index (χ2v) is 6.79. The highest BCUT2D eigenvalue weighted by Gasteiger charge is 2.24. The van der Waals surface area contributed by atoms with Crippen molar-refractivity contribution in [1.82, 2.24) is 4.98 Å². The largest absolute Gasteiger partial charge is 0.496 e. The molecule has 3 nitrogen and oxygen atoms in total. The summed E-state index contributed by atoms with van der Waals surface area (Å²) in [7, 11) is 1.55. The molecule has 0 bridgehead atoms. The quantitative estimate of drug-likeness (QED) is 0.434. The molecule has 0 saturated carbocycles. The minimum absolute atomic E-state index is 0.0702. The van der Waals surface area contributed by atoms with Gasteiger partial charge in [0.15, 0.2) is 5.78 Å². The summed E-state index contributed by atoms with van der Waals surface area (Å²) in [5.41, 5.74) is 2.14. The van der Waals surface area contributed by atoms with E-state index >= 15 is 0 Å². The monoisotopic (exact) mass is 411 g/mol. The third-order valence-electron chi connectivity index (χ3n) is 3.61. The van der Waals surface area contributed by atoms with Crippen molar-refractivity contribution in [1.29, 1.82) is 0 Å². The molecule has 1 N–H and O–H groups in total. The van der Waals surface area contributed by atoms with E-state index in [0.29, 0.717) is 21.4 Å². The fourth-order valence-electron chi connectivity index (χ4n) is 2.47. The summed E-state index contributed by atoms with van der Waals surface area (Å²) in [5, 5.41) is 2.00. The molecule has 2 aromatic carbocycles. The first kappa shape index (κ1) is 16.4. The Bertz CT molecular complexity index is 891. The first-order chi connectivity index (χ1) is 11.0. The van der Waals surface area contributed by atoms with E-state index in [1.165, 1.54) is 0 Å². The highest BCUT2D eigenvalue weighted by atomic mass is 79.9. The first-order valence-electron chi connectivity index (χ1n) is 6.79. The predicted molar refractivity (Wildman–Crippen MR) is 97.3 cm³/mol. The van der Waals surface area contributed by atoms with Crippen molar-refractivity contribution in [3.05, 3.63) is 63.8 Å². The number of benzene rings is 2. The van der Waals surface area contributed by atoms with Crippen LogP contribution in [-0.2, 0) is 0 Å². The van der Waals surface area contributed by atoms with Crippen molar-refractivity contribution in [2.24, 2.45) is 0 Å². The number of ketones is 1. The Morgan fingerprint density at radius 3 is 2.61 bits per heavy atom. The van der Waals surface area contributed by atoms with Gasteiger partial charge >= 0.3 is 0 Å². The molecule has 3 aromatic rings. The molecular formula is C17H12BrCl2NO2. The van der Waals surface area contributed by atoms with E-state index < -0.39 is 4.83 Å². The molecule has 6 heteroatoms. The Kier molecular flexibility index (Phi) is 4.67. The molecule has 0 aliphatic carbocycles. The van der Waals surface area contributed by atoms with Crippen LogP contribution in [0.2, 0.25) is 10.0 Å². The first-order valence-corrected chi connectivity index (χ1v) is 8.47. The van der Waals surface area contributed by atoms with Crippen molar-refractivity contribution in [2.75, 3.05) is 7.11 Å². The fraction of sp³-hybridized carbons (Fsp3) is 0.118. The van der Waals surface area contributed by atoms with Crippen molar-refractivity contribution < 1.29 is 9.53 Å². The molecule has 0 aliphatic heterocycles. The zero-order valence-electron chi connectivity index (χ0n) is 12.1. The molecule has 0 saturated heterocycles. The number of nitrogens with one attached hydrogen (secondary N) is 1. The second-order valence-electron chi connectivity index (χ2n) is 5.01. The molecule has 0 spiro atoms. The summed E-state index contributed by atoms with van der Waals surface area (Å²) in [6, 6.07) is 10.6. The van der Waals surface area contributed by atoms with E-state index in [9.17, 15) is 4.79 Å². The highest BCUT2D eigenvalue weighted by Crippen LogP contribution is 2.37. The van der Waals surface area contributed by atoms with Gasteiger partial charge < -0.3 is 9.72 Å². The number of hydrogen-bond acceptors (Lipinski definition) is 2. The number of halogens is 3. The van der Waals surface area contributed by atoms with Crippen LogP contribution in [0.4, 0.5) is 0 Å². The maximum atomic E-state index is 12.9. The van der Waals surface area contributed by atoms with Crippen LogP contribution in [0.25, 0.3) is 10.9 Å². The zero-order chi connectivity index (χ0) is 16.6. The minimum Gasteiger partial charge on any atom is -0.496 e. The maximum Gasteiger partial charge on any atom is 0.183 e. The van der Waals surface area contributed by atoms with E-state index in [1.807, 2.05) is 6.07 Å². The van der Waals surface area contributed by atoms with Crippen LogP contribution in [0.15, 0.2) is 42.6 Å². The van der Waals surface area contributed by atoms with Crippen molar-refractivity contribution in [2.45, 2.75) is 4.83 Å². The molecule has 1 aromatic heterocycles. The number of fused-ring (bicyclic) bond motifs is 1. The normalized spacial score (nSPS) is 12.3. The molecule has 118 valence electrons. The molecule has 23 heavy (non-hydrogen) atoms. The van der Waals surface area contributed by atoms with Gasteiger partial charge in [-0.05, 0) is 24.3 Å². The number of carbonyl (C=O) groups is 1. The number of Topliss-reactive ketones (excluding diaryl/α,β-unsaturated/α-hetero) is 1.